The molecule has 98 valence electrons. The van der Waals surface area contributed by atoms with Crippen molar-refractivity contribution < 1.29 is 18.9 Å². The molecular weight excluding hydrogens is 246 g/mol. The summed E-state index contributed by atoms with van der Waals surface area (Å²) in [6.07, 6.45) is 3.41. The van der Waals surface area contributed by atoms with Crippen LogP contribution in [0.4, 0.5) is 0 Å². The molecule has 2 aromatic rings. The highest BCUT2D eigenvalue weighted by Crippen LogP contribution is 2.42. The summed E-state index contributed by atoms with van der Waals surface area (Å²) >= 11 is 0. The number of aromatic nitrogens is 1. The quantitative estimate of drug-likeness (QED) is 0.847. The molecule has 0 aliphatic carbocycles. The van der Waals surface area contributed by atoms with Crippen molar-refractivity contribution >= 4 is 0 Å². The van der Waals surface area contributed by atoms with Gasteiger partial charge in [0.25, 0.3) is 0 Å². The Labute approximate surface area is 110 Å². The van der Waals surface area contributed by atoms with E-state index in [4.69, 9.17) is 18.9 Å². The molecule has 0 saturated carbocycles. The Morgan fingerprint density at radius 2 is 1.79 bits per heavy atom. The lowest BCUT2D eigenvalue weighted by Gasteiger charge is -2.10. The fraction of sp³-hybridized carbons (Fsp3) is 0.214. The first-order valence-corrected chi connectivity index (χ1v) is 5.79. The van der Waals surface area contributed by atoms with Crippen molar-refractivity contribution in [1.82, 2.24) is 4.98 Å². The van der Waals surface area contributed by atoms with Crippen molar-refractivity contribution in [3.05, 3.63) is 30.6 Å². The van der Waals surface area contributed by atoms with Gasteiger partial charge in [-0.15, -0.1) is 0 Å². The minimum Gasteiger partial charge on any atom is -0.496 e. The fourth-order valence-electron chi connectivity index (χ4n) is 2.00. The van der Waals surface area contributed by atoms with Crippen LogP contribution in [0, 0.1) is 0 Å². The summed E-state index contributed by atoms with van der Waals surface area (Å²) in [7, 11) is 3.23. The van der Waals surface area contributed by atoms with Gasteiger partial charge in [0.15, 0.2) is 11.5 Å². The Balaban J connectivity index is 2.12. The number of rotatable bonds is 3. The van der Waals surface area contributed by atoms with Crippen LogP contribution in [0.15, 0.2) is 30.6 Å². The van der Waals surface area contributed by atoms with E-state index in [-0.39, 0.29) is 6.79 Å². The second-order valence-corrected chi connectivity index (χ2v) is 4.02. The Morgan fingerprint density at radius 3 is 2.53 bits per heavy atom. The molecule has 0 fully saturated rings. The zero-order valence-corrected chi connectivity index (χ0v) is 10.7. The smallest absolute Gasteiger partial charge is 0.231 e. The van der Waals surface area contributed by atoms with Crippen LogP contribution in [0.2, 0.25) is 0 Å². The highest BCUT2D eigenvalue weighted by Gasteiger charge is 2.19. The molecule has 1 aromatic carbocycles. The third kappa shape index (κ3) is 2.03. The Hall–Kier alpha value is -2.43. The van der Waals surface area contributed by atoms with Gasteiger partial charge in [0.05, 0.1) is 20.4 Å². The van der Waals surface area contributed by atoms with Crippen LogP contribution in [0.1, 0.15) is 0 Å². The molecule has 0 atom stereocenters. The maximum absolute atomic E-state index is 5.39. The first-order chi connectivity index (χ1) is 9.31. The van der Waals surface area contributed by atoms with E-state index in [9.17, 15) is 0 Å². The average Bonchev–Trinajstić information content (AvgIpc) is 2.93. The molecule has 0 radical (unpaired) electrons. The summed E-state index contributed by atoms with van der Waals surface area (Å²) in [6, 6.07) is 5.60. The van der Waals surface area contributed by atoms with Crippen LogP contribution < -0.4 is 18.9 Å². The third-order valence-electron chi connectivity index (χ3n) is 2.95. The van der Waals surface area contributed by atoms with Gasteiger partial charge in [0, 0.05) is 23.4 Å². The molecule has 2 heterocycles. The lowest BCUT2D eigenvalue weighted by molar-refractivity contribution is 0.174. The standard InChI is InChI=1S/C14H13NO4/c1-16-10-3-9(6-15-7-10)11-4-13-14(19-8-18-13)5-12(11)17-2/h3-7H,8H2,1-2H3. The SMILES string of the molecule is COc1cncc(-c2cc3c(cc2OC)OCO3)c1. The van der Waals surface area contributed by atoms with Crippen LogP contribution in [0.3, 0.4) is 0 Å². The van der Waals surface area contributed by atoms with Crippen molar-refractivity contribution in [3.63, 3.8) is 0 Å². The predicted octanol–water partition coefficient (Wildman–Crippen LogP) is 2.49. The van der Waals surface area contributed by atoms with E-state index in [1.54, 1.807) is 26.6 Å². The van der Waals surface area contributed by atoms with Crippen LogP contribution in [-0.2, 0) is 0 Å². The first kappa shape index (κ1) is 11.6. The molecular formula is C14H13NO4. The molecule has 3 rings (SSSR count). The van der Waals surface area contributed by atoms with Crippen LogP contribution >= 0.6 is 0 Å². The van der Waals surface area contributed by atoms with Crippen molar-refractivity contribution in [2.45, 2.75) is 0 Å². The summed E-state index contributed by atoms with van der Waals surface area (Å²) in [6.45, 7) is 0.234. The van der Waals surface area contributed by atoms with Gasteiger partial charge in [-0.25, -0.2) is 0 Å². The van der Waals surface area contributed by atoms with E-state index < -0.39 is 0 Å². The second-order valence-electron chi connectivity index (χ2n) is 4.02. The van der Waals surface area contributed by atoms with Gasteiger partial charge >= 0.3 is 0 Å². The Bertz CT molecular complexity index is 612. The van der Waals surface area contributed by atoms with E-state index >= 15 is 0 Å². The fourth-order valence-corrected chi connectivity index (χ4v) is 2.00. The van der Waals surface area contributed by atoms with Crippen LogP contribution in [-0.4, -0.2) is 26.0 Å². The number of benzene rings is 1. The summed E-state index contributed by atoms with van der Waals surface area (Å²) in [4.78, 5) is 4.15. The molecule has 0 bridgehead atoms. The number of pyridine rings is 1. The van der Waals surface area contributed by atoms with Gasteiger partial charge < -0.3 is 18.9 Å². The van der Waals surface area contributed by atoms with E-state index in [0.717, 1.165) is 11.1 Å². The van der Waals surface area contributed by atoms with Crippen molar-refractivity contribution in [1.29, 1.82) is 0 Å². The zero-order chi connectivity index (χ0) is 13.2. The van der Waals surface area contributed by atoms with Gasteiger partial charge in [-0.2, -0.15) is 0 Å². The first-order valence-electron chi connectivity index (χ1n) is 5.79. The number of hydrogen-bond donors (Lipinski definition) is 0. The molecule has 19 heavy (non-hydrogen) atoms. The summed E-state index contributed by atoms with van der Waals surface area (Å²) in [5.41, 5.74) is 1.78. The van der Waals surface area contributed by atoms with E-state index in [1.807, 2.05) is 18.2 Å². The zero-order valence-electron chi connectivity index (χ0n) is 10.7. The molecule has 0 saturated heterocycles. The third-order valence-corrected chi connectivity index (χ3v) is 2.95. The molecule has 1 aromatic heterocycles. The van der Waals surface area contributed by atoms with E-state index in [2.05, 4.69) is 4.98 Å². The van der Waals surface area contributed by atoms with Gasteiger partial charge in [0.2, 0.25) is 6.79 Å². The van der Waals surface area contributed by atoms with E-state index in [1.165, 1.54) is 0 Å². The molecule has 5 nitrogen and oxygen atoms in total. The molecule has 0 spiro atoms. The minimum atomic E-state index is 0.234. The monoisotopic (exact) mass is 259 g/mol. The highest BCUT2D eigenvalue weighted by molar-refractivity contribution is 5.74. The number of hydrogen-bond acceptors (Lipinski definition) is 5. The summed E-state index contributed by atoms with van der Waals surface area (Å²) < 4.78 is 21.3. The van der Waals surface area contributed by atoms with E-state index in [0.29, 0.717) is 23.0 Å². The highest BCUT2D eigenvalue weighted by atomic mass is 16.7. The molecule has 5 heteroatoms. The predicted molar refractivity (Wildman–Crippen MR) is 68.9 cm³/mol. The Morgan fingerprint density at radius 1 is 1.00 bits per heavy atom. The van der Waals surface area contributed by atoms with Crippen LogP contribution in [0.5, 0.6) is 23.0 Å². The largest absolute Gasteiger partial charge is 0.496 e. The minimum absolute atomic E-state index is 0.234. The van der Waals surface area contributed by atoms with Crippen LogP contribution in [0.25, 0.3) is 11.1 Å². The van der Waals surface area contributed by atoms with Crippen molar-refractivity contribution in [2.75, 3.05) is 21.0 Å². The number of fused-ring (bicyclic) bond motifs is 1. The molecule has 1 aliphatic rings. The molecule has 0 unspecified atom stereocenters. The lowest BCUT2D eigenvalue weighted by Crippen LogP contribution is -1.92. The number of nitrogens with zero attached hydrogens (tertiary/aromatic N) is 1. The summed E-state index contributed by atoms with van der Waals surface area (Å²) in [5, 5.41) is 0. The van der Waals surface area contributed by atoms with Crippen molar-refractivity contribution in [3.8, 4) is 34.1 Å². The number of methoxy groups -OCH3 is 2. The van der Waals surface area contributed by atoms with Gasteiger partial charge in [-0.3, -0.25) is 4.98 Å². The molecule has 0 N–H and O–H groups in total. The molecule has 0 amide bonds. The van der Waals surface area contributed by atoms with Crippen molar-refractivity contribution in [2.24, 2.45) is 0 Å². The number of ether oxygens (including phenoxy) is 4. The second kappa shape index (κ2) is 4.68. The topological polar surface area (TPSA) is 49.8 Å². The summed E-state index contributed by atoms with van der Waals surface area (Å²) in [5.74, 6) is 2.80. The normalized spacial score (nSPS) is 12.3. The van der Waals surface area contributed by atoms with Gasteiger partial charge in [0.1, 0.15) is 11.5 Å². The van der Waals surface area contributed by atoms with Gasteiger partial charge in [-0.1, -0.05) is 0 Å². The lowest BCUT2D eigenvalue weighted by atomic mass is 10.1. The average molecular weight is 259 g/mol. The molecule has 1 aliphatic heterocycles. The maximum Gasteiger partial charge on any atom is 0.231 e. The Kier molecular flexibility index (Phi) is 2.87. The van der Waals surface area contributed by atoms with Gasteiger partial charge in [-0.05, 0) is 12.1 Å². The maximum atomic E-state index is 5.39.